The van der Waals surface area contributed by atoms with Crippen LogP contribution in [0.15, 0.2) is 0 Å². The Kier molecular flexibility index (Phi) is 4.07. The van der Waals surface area contributed by atoms with E-state index in [-0.39, 0.29) is 0 Å². The van der Waals surface area contributed by atoms with Crippen LogP contribution in [0.4, 0.5) is 0 Å². The van der Waals surface area contributed by atoms with Gasteiger partial charge in [-0.1, -0.05) is 0 Å². The van der Waals surface area contributed by atoms with Crippen LogP contribution in [-0.4, -0.2) is 62.6 Å². The summed E-state index contributed by atoms with van der Waals surface area (Å²) in [7, 11) is 0. The van der Waals surface area contributed by atoms with Gasteiger partial charge in [0.05, 0.1) is 30.4 Å². The minimum Gasteiger partial charge on any atom is -0.477 e. The summed E-state index contributed by atoms with van der Waals surface area (Å²) in [6.07, 6.45) is -4.00. The summed E-state index contributed by atoms with van der Waals surface area (Å²) in [6.45, 7) is 1.38. The van der Waals surface area contributed by atoms with E-state index < -0.39 is 48.6 Å². The molecule has 0 aromatic heterocycles. The Bertz CT molecular complexity index is 295. The van der Waals surface area contributed by atoms with Crippen LogP contribution in [0, 0.1) is 0 Å². The SMILES string of the molecule is C[C@@H](O)[C@@H](N)C1O[C@](O)(C(=O)O)C[C@@H](O)[C@H]1N. The number of hydrogen-bond donors (Lipinski definition) is 6. The van der Waals surface area contributed by atoms with E-state index in [1.807, 2.05) is 0 Å². The van der Waals surface area contributed by atoms with Crippen molar-refractivity contribution >= 4 is 5.97 Å². The lowest BCUT2D eigenvalue weighted by Gasteiger charge is -2.43. The second kappa shape index (κ2) is 4.84. The van der Waals surface area contributed by atoms with E-state index in [9.17, 15) is 20.1 Å². The first-order valence-corrected chi connectivity index (χ1v) is 5.20. The molecule has 0 aromatic rings. The molecule has 0 saturated carbocycles. The van der Waals surface area contributed by atoms with Crippen molar-refractivity contribution in [3.05, 3.63) is 0 Å². The molecule has 1 rings (SSSR count). The van der Waals surface area contributed by atoms with Gasteiger partial charge in [-0.2, -0.15) is 0 Å². The van der Waals surface area contributed by atoms with E-state index in [0.717, 1.165) is 0 Å². The molecule has 0 radical (unpaired) electrons. The quantitative estimate of drug-likeness (QED) is 0.308. The molecule has 0 aromatic carbocycles. The molecule has 1 heterocycles. The van der Waals surface area contributed by atoms with Gasteiger partial charge in [-0.3, -0.25) is 0 Å². The molecule has 1 unspecified atom stereocenters. The highest BCUT2D eigenvalue weighted by Gasteiger charge is 2.51. The summed E-state index contributed by atoms with van der Waals surface area (Å²) in [6, 6.07) is -1.98. The third-order valence-electron chi connectivity index (χ3n) is 2.91. The average Bonchev–Trinajstić information content (AvgIpc) is 2.22. The van der Waals surface area contributed by atoms with Gasteiger partial charge < -0.3 is 36.6 Å². The van der Waals surface area contributed by atoms with Crippen molar-refractivity contribution in [1.82, 2.24) is 0 Å². The number of carbonyl (C=O) groups is 1. The van der Waals surface area contributed by atoms with Crippen LogP contribution < -0.4 is 11.5 Å². The summed E-state index contributed by atoms with van der Waals surface area (Å²) in [5.41, 5.74) is 11.2. The number of nitrogens with two attached hydrogens (primary N) is 2. The smallest absolute Gasteiger partial charge is 0.364 e. The largest absolute Gasteiger partial charge is 0.477 e. The zero-order valence-electron chi connectivity index (χ0n) is 9.35. The Balaban J connectivity index is 2.93. The van der Waals surface area contributed by atoms with Crippen molar-refractivity contribution in [3.8, 4) is 0 Å². The van der Waals surface area contributed by atoms with Gasteiger partial charge in [-0.15, -0.1) is 0 Å². The zero-order valence-corrected chi connectivity index (χ0v) is 9.35. The summed E-state index contributed by atoms with van der Waals surface area (Å²) < 4.78 is 4.93. The molecule has 6 atom stereocenters. The van der Waals surface area contributed by atoms with Crippen molar-refractivity contribution in [2.75, 3.05) is 0 Å². The van der Waals surface area contributed by atoms with Crippen molar-refractivity contribution in [2.45, 2.75) is 49.5 Å². The van der Waals surface area contributed by atoms with E-state index in [4.69, 9.17) is 21.3 Å². The molecule has 1 fully saturated rings. The Morgan fingerprint density at radius 3 is 2.53 bits per heavy atom. The zero-order chi connectivity index (χ0) is 13.4. The van der Waals surface area contributed by atoms with Crippen LogP contribution in [0.1, 0.15) is 13.3 Å². The van der Waals surface area contributed by atoms with Crippen molar-refractivity contribution in [1.29, 1.82) is 0 Å². The van der Waals surface area contributed by atoms with E-state index in [2.05, 4.69) is 0 Å². The van der Waals surface area contributed by atoms with E-state index >= 15 is 0 Å². The lowest BCUT2D eigenvalue weighted by Crippen LogP contribution is -2.66. The van der Waals surface area contributed by atoms with Crippen LogP contribution in [-0.2, 0) is 9.53 Å². The van der Waals surface area contributed by atoms with Crippen LogP contribution in [0.2, 0.25) is 0 Å². The van der Waals surface area contributed by atoms with Gasteiger partial charge in [0.2, 0.25) is 0 Å². The van der Waals surface area contributed by atoms with Crippen molar-refractivity contribution < 1.29 is 30.0 Å². The molecule has 17 heavy (non-hydrogen) atoms. The fourth-order valence-electron chi connectivity index (χ4n) is 1.74. The molecule has 0 spiro atoms. The number of hydrogen-bond acceptors (Lipinski definition) is 7. The first-order chi connectivity index (χ1) is 7.69. The normalized spacial score (nSPS) is 41.9. The Hall–Kier alpha value is -0.770. The molecule has 1 aliphatic heterocycles. The second-order valence-electron chi connectivity index (χ2n) is 4.34. The number of ether oxygens (including phenoxy) is 1. The van der Waals surface area contributed by atoms with Gasteiger partial charge in [0, 0.05) is 6.42 Å². The molecule has 100 valence electrons. The minimum absolute atomic E-state index is 0.549. The van der Waals surface area contributed by atoms with Crippen LogP contribution in [0.3, 0.4) is 0 Å². The summed E-state index contributed by atoms with van der Waals surface area (Å²) in [5, 5.41) is 37.4. The Morgan fingerprint density at radius 1 is 1.59 bits per heavy atom. The lowest BCUT2D eigenvalue weighted by molar-refractivity contribution is -0.279. The average molecular weight is 250 g/mol. The summed E-state index contributed by atoms with van der Waals surface area (Å²) in [5.74, 6) is -4.17. The third-order valence-corrected chi connectivity index (χ3v) is 2.91. The number of aliphatic hydroxyl groups is 3. The number of carboxylic acids is 1. The van der Waals surface area contributed by atoms with Gasteiger partial charge in [0.1, 0.15) is 0 Å². The summed E-state index contributed by atoms with van der Waals surface area (Å²) in [4.78, 5) is 10.8. The molecular formula is C9H18N2O6. The van der Waals surface area contributed by atoms with Gasteiger partial charge in [-0.25, -0.2) is 4.79 Å². The maximum Gasteiger partial charge on any atom is 0.364 e. The van der Waals surface area contributed by atoms with E-state index in [0.29, 0.717) is 0 Å². The standard InChI is InChI=1S/C9H18N2O6/c1-3(12)5(10)7-6(11)4(13)2-9(16,17-7)8(14)15/h3-7,12-13,16H,2,10-11H2,1H3,(H,14,15)/t3-,4-,5-,6-,7?,9+/m1/s1. The maximum atomic E-state index is 10.8. The van der Waals surface area contributed by atoms with Crippen LogP contribution >= 0.6 is 0 Å². The highest BCUT2D eigenvalue weighted by atomic mass is 16.7. The van der Waals surface area contributed by atoms with E-state index in [1.54, 1.807) is 0 Å². The second-order valence-corrected chi connectivity index (χ2v) is 4.34. The Labute approximate surface area is 97.8 Å². The first-order valence-electron chi connectivity index (χ1n) is 5.20. The lowest BCUT2D eigenvalue weighted by atomic mass is 9.89. The molecular weight excluding hydrogens is 232 g/mol. The molecule has 0 bridgehead atoms. The van der Waals surface area contributed by atoms with Crippen LogP contribution in [0.5, 0.6) is 0 Å². The molecule has 0 amide bonds. The molecule has 8 N–H and O–H groups in total. The minimum atomic E-state index is -2.54. The van der Waals surface area contributed by atoms with Crippen molar-refractivity contribution in [3.63, 3.8) is 0 Å². The van der Waals surface area contributed by atoms with E-state index in [1.165, 1.54) is 6.92 Å². The van der Waals surface area contributed by atoms with Crippen LogP contribution in [0.25, 0.3) is 0 Å². The van der Waals surface area contributed by atoms with Gasteiger partial charge in [-0.05, 0) is 6.92 Å². The fraction of sp³-hybridized carbons (Fsp3) is 0.889. The predicted molar refractivity (Wildman–Crippen MR) is 55.7 cm³/mol. The monoisotopic (exact) mass is 250 g/mol. The van der Waals surface area contributed by atoms with Gasteiger partial charge in [0.15, 0.2) is 0 Å². The van der Waals surface area contributed by atoms with Crippen molar-refractivity contribution in [2.24, 2.45) is 11.5 Å². The van der Waals surface area contributed by atoms with Gasteiger partial charge in [0.25, 0.3) is 5.79 Å². The third kappa shape index (κ3) is 2.73. The number of aliphatic carboxylic acids is 1. The maximum absolute atomic E-state index is 10.8. The van der Waals surface area contributed by atoms with Gasteiger partial charge >= 0.3 is 5.97 Å². The topological polar surface area (TPSA) is 159 Å². The molecule has 8 nitrogen and oxygen atoms in total. The first kappa shape index (κ1) is 14.3. The molecule has 8 heteroatoms. The number of aliphatic hydroxyl groups excluding tert-OH is 2. The highest BCUT2D eigenvalue weighted by Crippen LogP contribution is 2.28. The molecule has 0 aliphatic carbocycles. The highest BCUT2D eigenvalue weighted by molar-refractivity contribution is 5.75. The Morgan fingerprint density at radius 2 is 2.12 bits per heavy atom. The number of rotatable bonds is 3. The molecule has 1 saturated heterocycles. The molecule has 1 aliphatic rings. The summed E-state index contributed by atoms with van der Waals surface area (Å²) >= 11 is 0. The number of carboxylic acid groups (broad SMARTS) is 1. The predicted octanol–water partition coefficient (Wildman–Crippen LogP) is -3.06. The fourth-order valence-corrected chi connectivity index (χ4v) is 1.74.